The molecule has 2 aromatic rings. The van der Waals surface area contributed by atoms with Crippen LogP contribution in [0.25, 0.3) is 0 Å². The van der Waals surface area contributed by atoms with Gasteiger partial charge in [-0.25, -0.2) is 0 Å². The smallest absolute Gasteiger partial charge is 0.216 e. The third-order valence-corrected chi connectivity index (χ3v) is 3.70. The van der Waals surface area contributed by atoms with Gasteiger partial charge < -0.3 is 4.74 Å². The third kappa shape index (κ3) is 1.56. The Hall–Kier alpha value is -1.70. The summed E-state index contributed by atoms with van der Waals surface area (Å²) in [6, 6.07) is 12.7. The molecule has 0 saturated carbocycles. The molecule has 0 aromatic heterocycles. The third-order valence-electron chi connectivity index (χ3n) is 3.70. The summed E-state index contributed by atoms with van der Waals surface area (Å²) in [4.78, 5) is 0. The minimum absolute atomic E-state index is 0.411. The highest BCUT2D eigenvalue weighted by molar-refractivity contribution is 6.85. The van der Waals surface area contributed by atoms with Crippen molar-refractivity contribution in [1.29, 1.82) is 0 Å². The van der Waals surface area contributed by atoms with Gasteiger partial charge in [0.2, 0.25) is 6.71 Å². The van der Waals surface area contributed by atoms with Crippen LogP contribution in [0.1, 0.15) is 11.1 Å². The van der Waals surface area contributed by atoms with E-state index in [2.05, 4.69) is 44.9 Å². The van der Waals surface area contributed by atoms with Crippen LogP contribution in [-0.2, 0) is 0 Å². The van der Waals surface area contributed by atoms with Crippen molar-refractivity contribution >= 4 is 17.6 Å². The van der Waals surface area contributed by atoms with Crippen LogP contribution < -0.4 is 15.7 Å². The Morgan fingerprint density at radius 2 is 1.59 bits per heavy atom. The lowest BCUT2D eigenvalue weighted by molar-refractivity contribution is 0.487. The van der Waals surface area contributed by atoms with E-state index >= 15 is 0 Å². The molecule has 3 rings (SSSR count). The maximum atomic E-state index is 5.98. The van der Waals surface area contributed by atoms with Crippen molar-refractivity contribution in [2.75, 3.05) is 0 Å². The molecule has 0 radical (unpaired) electrons. The van der Waals surface area contributed by atoms with Crippen molar-refractivity contribution in [3.05, 3.63) is 47.5 Å². The van der Waals surface area contributed by atoms with Gasteiger partial charge in [0.25, 0.3) is 0 Å². The normalized spacial score (nSPS) is 12.8. The molecule has 0 atom stereocenters. The Bertz CT molecular complexity index is 589. The summed E-state index contributed by atoms with van der Waals surface area (Å²) in [6.07, 6.45) is 0. The molecule has 0 N–H and O–H groups in total. The molecule has 0 aliphatic carbocycles. The first kappa shape index (κ1) is 10.5. The van der Waals surface area contributed by atoms with Crippen LogP contribution in [0.4, 0.5) is 0 Å². The predicted molar refractivity (Wildman–Crippen MR) is 73.3 cm³/mol. The molecule has 1 aliphatic heterocycles. The summed E-state index contributed by atoms with van der Waals surface area (Å²) < 4.78 is 5.98. The van der Waals surface area contributed by atoms with Crippen molar-refractivity contribution in [3.8, 4) is 11.5 Å². The summed E-state index contributed by atoms with van der Waals surface area (Å²) in [6.45, 7) is 6.94. The zero-order chi connectivity index (χ0) is 12.0. The van der Waals surface area contributed by atoms with Gasteiger partial charge in [-0.2, -0.15) is 0 Å². The minimum atomic E-state index is 0.411. The number of ether oxygens (including phenoxy) is 1. The molecule has 2 aromatic carbocycles. The second kappa shape index (κ2) is 3.66. The summed E-state index contributed by atoms with van der Waals surface area (Å²) in [5.41, 5.74) is 5.20. The molecule has 0 bridgehead atoms. The summed E-state index contributed by atoms with van der Waals surface area (Å²) in [7, 11) is 0. The summed E-state index contributed by atoms with van der Waals surface area (Å²) in [5, 5.41) is 0. The van der Waals surface area contributed by atoms with Gasteiger partial charge in [-0.3, -0.25) is 0 Å². The largest absolute Gasteiger partial charge is 0.458 e. The molecule has 0 saturated heterocycles. The van der Waals surface area contributed by atoms with E-state index in [1.165, 1.54) is 22.1 Å². The average molecular weight is 222 g/mol. The first-order chi connectivity index (χ1) is 8.16. The topological polar surface area (TPSA) is 9.23 Å². The van der Waals surface area contributed by atoms with Gasteiger partial charge in [0.1, 0.15) is 11.5 Å². The summed E-state index contributed by atoms with van der Waals surface area (Å²) >= 11 is 0. The Morgan fingerprint density at radius 3 is 2.41 bits per heavy atom. The van der Waals surface area contributed by atoms with E-state index in [4.69, 9.17) is 4.74 Å². The molecule has 84 valence electrons. The van der Waals surface area contributed by atoms with Crippen molar-refractivity contribution in [1.82, 2.24) is 0 Å². The number of hydrogen-bond donors (Lipinski definition) is 0. The molecule has 2 heteroatoms. The van der Waals surface area contributed by atoms with Gasteiger partial charge in [0, 0.05) is 0 Å². The fraction of sp³-hybridized carbons (Fsp3) is 0.200. The molecule has 1 nitrogen and oxygen atoms in total. The fourth-order valence-electron chi connectivity index (χ4n) is 2.46. The van der Waals surface area contributed by atoms with Gasteiger partial charge in [-0.1, -0.05) is 31.1 Å². The van der Waals surface area contributed by atoms with E-state index < -0.39 is 0 Å². The highest BCUT2D eigenvalue weighted by Gasteiger charge is 2.26. The summed E-state index contributed by atoms with van der Waals surface area (Å²) in [5.74, 6) is 2.01. The highest BCUT2D eigenvalue weighted by Crippen LogP contribution is 2.26. The molecule has 1 aliphatic rings. The molecule has 1 heterocycles. The van der Waals surface area contributed by atoms with Crippen LogP contribution in [0, 0.1) is 13.8 Å². The number of rotatable bonds is 0. The molecular weight excluding hydrogens is 207 g/mol. The van der Waals surface area contributed by atoms with Gasteiger partial charge in [0.15, 0.2) is 0 Å². The van der Waals surface area contributed by atoms with E-state index in [9.17, 15) is 0 Å². The van der Waals surface area contributed by atoms with Gasteiger partial charge >= 0.3 is 0 Å². The van der Waals surface area contributed by atoms with E-state index in [1.54, 1.807) is 0 Å². The Morgan fingerprint density at radius 1 is 0.882 bits per heavy atom. The van der Waals surface area contributed by atoms with E-state index in [0.717, 1.165) is 11.5 Å². The van der Waals surface area contributed by atoms with Crippen LogP contribution in [0.3, 0.4) is 0 Å². The number of para-hydroxylation sites is 1. The first-order valence-corrected chi connectivity index (χ1v) is 6.04. The Kier molecular flexibility index (Phi) is 2.25. The molecule has 0 unspecified atom stereocenters. The Labute approximate surface area is 103 Å². The lowest BCUT2D eigenvalue weighted by atomic mass is 9.41. The average Bonchev–Trinajstić information content (AvgIpc) is 2.32. The maximum absolute atomic E-state index is 5.98. The van der Waals surface area contributed by atoms with Crippen molar-refractivity contribution in [2.24, 2.45) is 0 Å². The quantitative estimate of drug-likeness (QED) is 0.622. The number of hydrogen-bond acceptors (Lipinski definition) is 1. The zero-order valence-electron chi connectivity index (χ0n) is 10.4. The minimum Gasteiger partial charge on any atom is -0.458 e. The van der Waals surface area contributed by atoms with Crippen LogP contribution in [0.5, 0.6) is 11.5 Å². The highest BCUT2D eigenvalue weighted by atomic mass is 16.5. The van der Waals surface area contributed by atoms with E-state index in [-0.39, 0.29) is 0 Å². The van der Waals surface area contributed by atoms with Crippen molar-refractivity contribution in [3.63, 3.8) is 0 Å². The monoisotopic (exact) mass is 222 g/mol. The molecule has 0 spiro atoms. The molecule has 0 fully saturated rings. The van der Waals surface area contributed by atoms with E-state index in [0.29, 0.717) is 6.71 Å². The lowest BCUT2D eigenvalue weighted by Crippen LogP contribution is -2.44. The van der Waals surface area contributed by atoms with Crippen LogP contribution in [-0.4, -0.2) is 6.71 Å². The Balaban J connectivity index is 2.20. The van der Waals surface area contributed by atoms with Crippen molar-refractivity contribution < 1.29 is 4.74 Å². The number of benzene rings is 2. The molecular formula is C15H15BO. The standard InChI is InChI=1S/C15H15BO/c1-10-8-13-15(9-11(10)2)17-14-7-5-4-6-12(14)16(13)3/h4-9H,1-3H3. The number of aryl methyl sites for hydroxylation is 2. The van der Waals surface area contributed by atoms with Crippen LogP contribution in [0.15, 0.2) is 36.4 Å². The number of fused-ring (bicyclic) bond motifs is 2. The van der Waals surface area contributed by atoms with E-state index in [1.807, 2.05) is 12.1 Å². The van der Waals surface area contributed by atoms with Crippen LogP contribution in [0.2, 0.25) is 6.82 Å². The maximum Gasteiger partial charge on any atom is 0.216 e. The first-order valence-electron chi connectivity index (χ1n) is 6.04. The molecule has 0 amide bonds. The van der Waals surface area contributed by atoms with Gasteiger partial charge in [0.05, 0.1) is 0 Å². The zero-order valence-corrected chi connectivity index (χ0v) is 10.4. The molecule has 17 heavy (non-hydrogen) atoms. The van der Waals surface area contributed by atoms with Crippen molar-refractivity contribution in [2.45, 2.75) is 20.7 Å². The second-order valence-electron chi connectivity index (χ2n) is 4.84. The van der Waals surface area contributed by atoms with Gasteiger partial charge in [-0.15, -0.1) is 0 Å². The predicted octanol–water partition coefficient (Wildman–Crippen LogP) is 2.65. The van der Waals surface area contributed by atoms with Gasteiger partial charge in [-0.05, 0) is 48.0 Å². The van der Waals surface area contributed by atoms with Crippen LogP contribution >= 0.6 is 0 Å². The SMILES string of the molecule is CB1c2ccccc2Oc2cc(C)c(C)cc21. The fourth-order valence-corrected chi connectivity index (χ4v) is 2.46. The second-order valence-corrected chi connectivity index (χ2v) is 4.84. The lowest BCUT2D eigenvalue weighted by Gasteiger charge is -2.25.